The Morgan fingerprint density at radius 2 is 2.00 bits per heavy atom. The number of amides is 3. The van der Waals surface area contributed by atoms with Crippen LogP contribution >= 0.6 is 0 Å². The molecule has 1 aromatic rings. The van der Waals surface area contributed by atoms with Crippen molar-refractivity contribution >= 4 is 11.9 Å². The first kappa shape index (κ1) is 16.0. The lowest BCUT2D eigenvalue weighted by Gasteiger charge is -2.21. The van der Waals surface area contributed by atoms with Crippen LogP contribution < -0.4 is 19.5 Å². The number of hydrogen-bond donors (Lipinski definition) is 2. The second-order valence-corrected chi connectivity index (χ2v) is 6.62. The number of carbonyl (C=O) groups is 2. The number of rotatable bonds is 5. The van der Waals surface area contributed by atoms with Crippen LogP contribution in [0.4, 0.5) is 4.79 Å². The zero-order chi connectivity index (χ0) is 17.4. The van der Waals surface area contributed by atoms with Crippen molar-refractivity contribution in [3.8, 4) is 17.2 Å². The number of nitrogens with zero attached hydrogens (tertiary/aromatic N) is 1. The summed E-state index contributed by atoms with van der Waals surface area (Å²) in [5, 5.41) is 13.0. The Morgan fingerprint density at radius 3 is 2.80 bits per heavy atom. The van der Waals surface area contributed by atoms with Gasteiger partial charge in [-0.1, -0.05) is 12.8 Å². The summed E-state index contributed by atoms with van der Waals surface area (Å²) in [6.45, 7) is 0.0516. The Bertz CT molecular complexity index is 700. The first-order valence-corrected chi connectivity index (χ1v) is 8.42. The van der Waals surface area contributed by atoms with Gasteiger partial charge < -0.3 is 24.6 Å². The van der Waals surface area contributed by atoms with Crippen molar-refractivity contribution in [1.29, 1.82) is 0 Å². The molecule has 1 atom stereocenters. The topological polar surface area (TPSA) is 97.3 Å². The van der Waals surface area contributed by atoms with Gasteiger partial charge >= 0.3 is 6.03 Å². The van der Waals surface area contributed by atoms with Crippen LogP contribution in [-0.4, -0.2) is 53.5 Å². The molecule has 1 aliphatic carbocycles. The zero-order valence-electron chi connectivity index (χ0n) is 13.7. The number of imide groups is 1. The highest BCUT2D eigenvalue weighted by molar-refractivity contribution is 6.07. The molecule has 1 spiro atoms. The average Bonchev–Trinajstić information content (AvgIpc) is 3.30. The largest absolute Gasteiger partial charge is 0.491 e. The number of nitrogens with one attached hydrogen (secondary N) is 1. The van der Waals surface area contributed by atoms with Gasteiger partial charge in [0.05, 0.1) is 6.54 Å². The molecule has 4 rings (SSSR count). The molecule has 1 saturated heterocycles. The van der Waals surface area contributed by atoms with Crippen LogP contribution in [0.2, 0.25) is 0 Å². The van der Waals surface area contributed by atoms with Gasteiger partial charge in [0.2, 0.25) is 6.79 Å². The molecule has 2 aliphatic heterocycles. The number of aliphatic hydroxyl groups excluding tert-OH is 1. The zero-order valence-corrected chi connectivity index (χ0v) is 13.7. The summed E-state index contributed by atoms with van der Waals surface area (Å²) < 4.78 is 16.0. The molecule has 0 aromatic heterocycles. The third-order valence-corrected chi connectivity index (χ3v) is 4.88. The summed E-state index contributed by atoms with van der Waals surface area (Å²) >= 11 is 0. The van der Waals surface area contributed by atoms with E-state index < -0.39 is 17.7 Å². The third-order valence-electron chi connectivity index (χ3n) is 4.88. The quantitative estimate of drug-likeness (QED) is 0.771. The normalized spacial score (nSPS) is 21.7. The standard InChI is InChI=1S/C17H20N2O6/c20-11(9-23-12-3-4-13-14(7-12)25-10-24-13)8-19-15(21)17(18-16(19)22)5-1-2-6-17/h3-4,7,11,20H,1-2,5-6,8-10H2,(H,18,22)/t11-/m1/s1. The van der Waals surface area contributed by atoms with Crippen LogP contribution in [0.1, 0.15) is 25.7 Å². The minimum atomic E-state index is -0.975. The van der Waals surface area contributed by atoms with E-state index in [1.807, 2.05) is 0 Å². The monoisotopic (exact) mass is 348 g/mol. The maximum atomic E-state index is 12.5. The molecule has 0 unspecified atom stereocenters. The lowest BCUT2D eigenvalue weighted by atomic mass is 9.98. The fourth-order valence-corrected chi connectivity index (χ4v) is 3.58. The number of carbonyl (C=O) groups excluding carboxylic acids is 2. The summed E-state index contributed by atoms with van der Waals surface area (Å²) in [5.74, 6) is 1.52. The number of fused-ring (bicyclic) bond motifs is 1. The maximum absolute atomic E-state index is 12.5. The van der Waals surface area contributed by atoms with E-state index in [9.17, 15) is 14.7 Å². The number of aliphatic hydroxyl groups is 1. The SMILES string of the molecule is O=C1NC2(CCCC2)C(=O)N1C[C@@H](O)COc1ccc2c(c1)OCO2. The predicted octanol–water partition coefficient (Wildman–Crippen LogP) is 1.02. The summed E-state index contributed by atoms with van der Waals surface area (Å²) in [7, 11) is 0. The van der Waals surface area contributed by atoms with Gasteiger partial charge in [0.1, 0.15) is 24.0 Å². The van der Waals surface area contributed by atoms with Crippen molar-refractivity contribution in [3.63, 3.8) is 0 Å². The lowest BCUT2D eigenvalue weighted by molar-refractivity contribution is -0.132. The van der Waals surface area contributed by atoms with Gasteiger partial charge in [-0.15, -0.1) is 0 Å². The molecule has 1 aromatic carbocycles. The summed E-state index contributed by atoms with van der Waals surface area (Å²) in [6.07, 6.45) is 2.21. The van der Waals surface area contributed by atoms with Gasteiger partial charge in [0, 0.05) is 6.07 Å². The van der Waals surface area contributed by atoms with E-state index >= 15 is 0 Å². The highest BCUT2D eigenvalue weighted by atomic mass is 16.7. The number of benzene rings is 1. The molecule has 0 bridgehead atoms. The van der Waals surface area contributed by atoms with Crippen LogP contribution in [0.5, 0.6) is 17.2 Å². The van der Waals surface area contributed by atoms with Crippen molar-refractivity contribution in [2.75, 3.05) is 19.9 Å². The summed E-state index contributed by atoms with van der Waals surface area (Å²) in [6, 6.07) is 4.68. The molecular formula is C17H20N2O6. The van der Waals surface area contributed by atoms with E-state index in [4.69, 9.17) is 14.2 Å². The molecule has 3 amide bonds. The van der Waals surface area contributed by atoms with Crippen LogP contribution in [0, 0.1) is 0 Å². The number of urea groups is 1. The van der Waals surface area contributed by atoms with E-state index in [1.165, 1.54) is 0 Å². The van der Waals surface area contributed by atoms with Crippen molar-refractivity contribution in [1.82, 2.24) is 10.2 Å². The van der Waals surface area contributed by atoms with Crippen molar-refractivity contribution in [2.45, 2.75) is 37.3 Å². The predicted molar refractivity (Wildman–Crippen MR) is 85.5 cm³/mol. The van der Waals surface area contributed by atoms with E-state index in [0.29, 0.717) is 30.1 Å². The number of hydrogen-bond acceptors (Lipinski definition) is 6. The van der Waals surface area contributed by atoms with E-state index in [-0.39, 0.29) is 25.9 Å². The van der Waals surface area contributed by atoms with Gasteiger partial charge in [-0.3, -0.25) is 9.69 Å². The lowest BCUT2D eigenvalue weighted by Crippen LogP contribution is -2.45. The first-order chi connectivity index (χ1) is 12.1. The van der Waals surface area contributed by atoms with Crippen LogP contribution in [-0.2, 0) is 4.79 Å². The molecule has 2 heterocycles. The Morgan fingerprint density at radius 1 is 1.24 bits per heavy atom. The molecule has 2 fully saturated rings. The Labute approximate surface area is 144 Å². The third kappa shape index (κ3) is 2.86. The van der Waals surface area contributed by atoms with E-state index in [1.54, 1.807) is 18.2 Å². The molecule has 3 aliphatic rings. The fourth-order valence-electron chi connectivity index (χ4n) is 3.58. The van der Waals surface area contributed by atoms with Crippen molar-refractivity contribution < 1.29 is 28.9 Å². The molecule has 134 valence electrons. The van der Waals surface area contributed by atoms with Gasteiger partial charge in [-0.05, 0) is 25.0 Å². The Hall–Kier alpha value is -2.48. The van der Waals surface area contributed by atoms with E-state index in [2.05, 4.69) is 5.32 Å². The van der Waals surface area contributed by atoms with Crippen molar-refractivity contribution in [3.05, 3.63) is 18.2 Å². The van der Waals surface area contributed by atoms with Crippen molar-refractivity contribution in [2.24, 2.45) is 0 Å². The van der Waals surface area contributed by atoms with Gasteiger partial charge in [0.25, 0.3) is 5.91 Å². The van der Waals surface area contributed by atoms with Gasteiger partial charge in [-0.25, -0.2) is 4.79 Å². The smallest absolute Gasteiger partial charge is 0.325 e. The highest BCUT2D eigenvalue weighted by Gasteiger charge is 2.52. The minimum absolute atomic E-state index is 0.0380. The first-order valence-electron chi connectivity index (χ1n) is 8.42. The van der Waals surface area contributed by atoms with Crippen LogP contribution in [0.25, 0.3) is 0 Å². The summed E-state index contributed by atoms with van der Waals surface area (Å²) in [5.41, 5.74) is -0.755. The van der Waals surface area contributed by atoms with Gasteiger partial charge in [-0.2, -0.15) is 0 Å². The van der Waals surface area contributed by atoms with Crippen LogP contribution in [0.3, 0.4) is 0 Å². The molecule has 8 nitrogen and oxygen atoms in total. The summed E-state index contributed by atoms with van der Waals surface area (Å²) in [4.78, 5) is 25.7. The van der Waals surface area contributed by atoms with E-state index in [0.717, 1.165) is 17.7 Å². The molecule has 1 saturated carbocycles. The minimum Gasteiger partial charge on any atom is -0.491 e. The number of ether oxygens (including phenoxy) is 3. The molecule has 2 N–H and O–H groups in total. The Kier molecular flexibility index (Phi) is 3.91. The molecule has 8 heteroatoms. The maximum Gasteiger partial charge on any atom is 0.325 e. The molecular weight excluding hydrogens is 328 g/mol. The number of β-amino-alcohol motifs (C(OH)–C–C–N with tert-alkyl or cyclic N) is 1. The Balaban J connectivity index is 1.34. The van der Waals surface area contributed by atoms with Gasteiger partial charge in [0.15, 0.2) is 11.5 Å². The molecule has 25 heavy (non-hydrogen) atoms. The fraction of sp³-hybridized carbons (Fsp3) is 0.529. The average molecular weight is 348 g/mol. The second-order valence-electron chi connectivity index (χ2n) is 6.62. The molecule has 0 radical (unpaired) electrons. The highest BCUT2D eigenvalue weighted by Crippen LogP contribution is 2.36. The second kappa shape index (κ2) is 6.11. The van der Waals surface area contributed by atoms with Crippen LogP contribution in [0.15, 0.2) is 18.2 Å².